The Morgan fingerprint density at radius 2 is 2.05 bits per heavy atom. The largest absolute Gasteiger partial charge is 0.480 e. The number of aromatic nitrogens is 2. The van der Waals surface area contributed by atoms with Crippen LogP contribution in [-0.2, 0) is 0 Å². The Morgan fingerprint density at radius 1 is 1.32 bits per heavy atom. The fraction of sp³-hybridized carbons (Fsp3) is 0.231. The Hall–Kier alpha value is -1.72. The van der Waals surface area contributed by atoms with E-state index in [4.69, 9.17) is 16.3 Å². The van der Waals surface area contributed by atoms with Gasteiger partial charge in [-0.05, 0) is 18.7 Å². The number of nitrogens with zero attached hydrogens (tertiary/aromatic N) is 2. The molecule has 0 saturated carbocycles. The van der Waals surface area contributed by atoms with Crippen LogP contribution in [0.1, 0.15) is 17.3 Å². The summed E-state index contributed by atoms with van der Waals surface area (Å²) in [5.74, 6) is -0.0931. The first kappa shape index (κ1) is 13.7. The average molecular weight is 282 g/mol. The minimum absolute atomic E-state index is 0.0644. The molecule has 1 aromatic carbocycles. The molecule has 0 spiro atoms. The van der Waals surface area contributed by atoms with Crippen molar-refractivity contribution in [2.45, 2.75) is 6.04 Å². The lowest BCUT2D eigenvalue weighted by Gasteiger charge is -2.19. The summed E-state index contributed by atoms with van der Waals surface area (Å²) in [7, 11) is 3.24. The van der Waals surface area contributed by atoms with Crippen LogP contribution in [0.5, 0.6) is 5.88 Å². The first-order chi connectivity index (χ1) is 9.19. The highest BCUT2D eigenvalue weighted by Gasteiger charge is 2.22. The maximum Gasteiger partial charge on any atom is 0.237 e. The standard InChI is InChI=1S/C13H13ClFN3O/c1-16-11(8-4-3-5-9(15)10(8)14)12-13(19-2)18-7-6-17-12/h3-7,11,16H,1-2H3. The predicted octanol–water partition coefficient (Wildman–Crippen LogP) is 2.59. The van der Waals surface area contributed by atoms with Gasteiger partial charge in [-0.3, -0.25) is 4.98 Å². The lowest BCUT2D eigenvalue weighted by Crippen LogP contribution is -2.20. The summed E-state index contributed by atoms with van der Waals surface area (Å²) in [5.41, 5.74) is 1.14. The maximum atomic E-state index is 13.5. The van der Waals surface area contributed by atoms with Crippen LogP contribution in [0.3, 0.4) is 0 Å². The molecule has 0 saturated heterocycles. The summed E-state index contributed by atoms with van der Waals surface area (Å²) in [6, 6.07) is 4.25. The van der Waals surface area contributed by atoms with Crippen molar-refractivity contribution in [1.82, 2.24) is 15.3 Å². The Morgan fingerprint density at radius 3 is 2.74 bits per heavy atom. The van der Waals surface area contributed by atoms with Crippen molar-refractivity contribution in [1.29, 1.82) is 0 Å². The summed E-state index contributed by atoms with van der Waals surface area (Å²) < 4.78 is 18.7. The van der Waals surface area contributed by atoms with Gasteiger partial charge in [0.05, 0.1) is 18.2 Å². The molecule has 1 atom stereocenters. The van der Waals surface area contributed by atoms with Gasteiger partial charge in [0.15, 0.2) is 0 Å². The van der Waals surface area contributed by atoms with Gasteiger partial charge in [0.1, 0.15) is 11.5 Å². The molecule has 1 unspecified atom stereocenters. The number of halogens is 2. The molecule has 0 aliphatic rings. The van der Waals surface area contributed by atoms with E-state index in [1.807, 2.05) is 0 Å². The Kier molecular flexibility index (Phi) is 4.29. The van der Waals surface area contributed by atoms with Gasteiger partial charge >= 0.3 is 0 Å². The van der Waals surface area contributed by atoms with E-state index in [0.29, 0.717) is 17.1 Å². The molecule has 0 fully saturated rings. The third-order valence-electron chi connectivity index (χ3n) is 2.74. The minimum atomic E-state index is -0.470. The van der Waals surface area contributed by atoms with Gasteiger partial charge in [0.25, 0.3) is 0 Å². The molecule has 1 N–H and O–H groups in total. The quantitative estimate of drug-likeness (QED) is 0.936. The van der Waals surface area contributed by atoms with Crippen molar-refractivity contribution in [2.75, 3.05) is 14.2 Å². The van der Waals surface area contributed by atoms with Crippen LogP contribution in [0.4, 0.5) is 4.39 Å². The number of hydrogen-bond acceptors (Lipinski definition) is 4. The molecule has 1 heterocycles. The van der Waals surface area contributed by atoms with Crippen molar-refractivity contribution >= 4 is 11.6 Å². The molecule has 4 nitrogen and oxygen atoms in total. The second kappa shape index (κ2) is 5.95. The van der Waals surface area contributed by atoms with Crippen molar-refractivity contribution in [3.05, 3.63) is 52.7 Å². The van der Waals surface area contributed by atoms with E-state index >= 15 is 0 Å². The third-order valence-corrected chi connectivity index (χ3v) is 3.14. The summed E-state index contributed by atoms with van der Waals surface area (Å²) in [6.07, 6.45) is 3.08. The van der Waals surface area contributed by atoms with E-state index < -0.39 is 11.9 Å². The highest BCUT2D eigenvalue weighted by atomic mass is 35.5. The van der Waals surface area contributed by atoms with Crippen molar-refractivity contribution < 1.29 is 9.13 Å². The Bertz CT molecular complexity index is 580. The molecule has 2 aromatic rings. The number of rotatable bonds is 4. The monoisotopic (exact) mass is 281 g/mol. The van der Waals surface area contributed by atoms with Crippen molar-refractivity contribution in [2.24, 2.45) is 0 Å². The van der Waals surface area contributed by atoms with Crippen LogP contribution in [0.2, 0.25) is 5.02 Å². The van der Waals surface area contributed by atoms with Gasteiger partial charge in [-0.15, -0.1) is 0 Å². The number of methoxy groups -OCH3 is 1. The molecule has 100 valence electrons. The number of benzene rings is 1. The summed E-state index contributed by atoms with van der Waals surface area (Å²) in [4.78, 5) is 8.32. The molecule has 0 radical (unpaired) electrons. The molecule has 0 aliphatic carbocycles. The molecular formula is C13H13ClFN3O. The minimum Gasteiger partial charge on any atom is -0.480 e. The highest BCUT2D eigenvalue weighted by Crippen LogP contribution is 2.31. The first-order valence-corrected chi connectivity index (χ1v) is 6.03. The molecular weight excluding hydrogens is 269 g/mol. The molecule has 0 amide bonds. The van der Waals surface area contributed by atoms with Crippen LogP contribution in [0.15, 0.2) is 30.6 Å². The first-order valence-electron chi connectivity index (χ1n) is 5.65. The smallest absolute Gasteiger partial charge is 0.237 e. The number of nitrogens with one attached hydrogen (secondary N) is 1. The topological polar surface area (TPSA) is 47.0 Å². The maximum absolute atomic E-state index is 13.5. The lowest BCUT2D eigenvalue weighted by atomic mass is 10.0. The van der Waals surface area contributed by atoms with Crippen molar-refractivity contribution in [3.63, 3.8) is 0 Å². The van der Waals surface area contributed by atoms with E-state index in [9.17, 15) is 4.39 Å². The van der Waals surface area contributed by atoms with Crippen LogP contribution in [-0.4, -0.2) is 24.1 Å². The van der Waals surface area contributed by atoms with Crippen molar-refractivity contribution in [3.8, 4) is 5.88 Å². The predicted molar refractivity (Wildman–Crippen MR) is 70.9 cm³/mol. The fourth-order valence-electron chi connectivity index (χ4n) is 1.87. The van der Waals surface area contributed by atoms with Gasteiger partial charge in [-0.2, -0.15) is 0 Å². The lowest BCUT2D eigenvalue weighted by molar-refractivity contribution is 0.384. The zero-order chi connectivity index (χ0) is 13.8. The zero-order valence-electron chi connectivity index (χ0n) is 10.5. The second-order valence-electron chi connectivity index (χ2n) is 3.82. The molecule has 1 aromatic heterocycles. The number of ether oxygens (including phenoxy) is 1. The second-order valence-corrected chi connectivity index (χ2v) is 4.19. The SMILES string of the molecule is CNC(c1cccc(F)c1Cl)c1nccnc1OC. The van der Waals surface area contributed by atoms with E-state index in [2.05, 4.69) is 15.3 Å². The normalized spacial score (nSPS) is 12.2. The van der Waals surface area contributed by atoms with E-state index in [1.54, 1.807) is 25.4 Å². The van der Waals surface area contributed by atoms with E-state index in [-0.39, 0.29) is 5.02 Å². The number of hydrogen-bond donors (Lipinski definition) is 1. The van der Waals surface area contributed by atoms with E-state index in [1.165, 1.54) is 19.4 Å². The van der Waals surface area contributed by atoms with Crippen LogP contribution in [0.25, 0.3) is 0 Å². The summed E-state index contributed by atoms with van der Waals surface area (Å²) in [6.45, 7) is 0. The Labute approximate surface area is 115 Å². The van der Waals surface area contributed by atoms with E-state index in [0.717, 1.165) is 0 Å². The molecule has 19 heavy (non-hydrogen) atoms. The van der Waals surface area contributed by atoms with Gasteiger partial charge in [0.2, 0.25) is 5.88 Å². The molecule has 0 bridgehead atoms. The average Bonchev–Trinajstić information content (AvgIpc) is 2.45. The van der Waals surface area contributed by atoms with Crippen LogP contribution < -0.4 is 10.1 Å². The van der Waals surface area contributed by atoms with Gasteiger partial charge in [0, 0.05) is 12.4 Å². The zero-order valence-corrected chi connectivity index (χ0v) is 11.3. The Balaban J connectivity index is 2.53. The highest BCUT2D eigenvalue weighted by molar-refractivity contribution is 6.31. The summed E-state index contributed by atoms with van der Waals surface area (Å²) in [5, 5.41) is 3.11. The van der Waals surface area contributed by atoms with Gasteiger partial charge in [-0.1, -0.05) is 23.7 Å². The van der Waals surface area contributed by atoms with Gasteiger partial charge in [-0.25, -0.2) is 9.37 Å². The molecule has 2 rings (SSSR count). The van der Waals surface area contributed by atoms with Crippen LogP contribution in [0, 0.1) is 5.82 Å². The fourth-order valence-corrected chi connectivity index (χ4v) is 2.11. The molecule has 0 aliphatic heterocycles. The van der Waals surface area contributed by atoms with Crippen LogP contribution >= 0.6 is 11.6 Å². The third kappa shape index (κ3) is 2.67. The summed E-state index contributed by atoms with van der Waals surface area (Å²) >= 11 is 6.01. The van der Waals surface area contributed by atoms with Gasteiger partial charge < -0.3 is 10.1 Å². The molecule has 6 heteroatoms.